The van der Waals surface area contributed by atoms with Crippen molar-refractivity contribution in [1.29, 1.82) is 0 Å². The fourth-order valence-electron chi connectivity index (χ4n) is 5.09. The summed E-state index contributed by atoms with van der Waals surface area (Å²) in [6.45, 7) is 0.162. The molecule has 2 amide bonds. The first kappa shape index (κ1) is 26.0. The zero-order valence-electron chi connectivity index (χ0n) is 20.9. The van der Waals surface area contributed by atoms with Crippen molar-refractivity contribution in [3.8, 4) is 5.69 Å². The third-order valence-corrected chi connectivity index (χ3v) is 7.27. The van der Waals surface area contributed by atoms with E-state index in [1.54, 1.807) is 10.9 Å². The van der Waals surface area contributed by atoms with Gasteiger partial charge in [0.15, 0.2) is 0 Å². The van der Waals surface area contributed by atoms with Gasteiger partial charge in [0.25, 0.3) is 0 Å². The van der Waals surface area contributed by atoms with Gasteiger partial charge in [-0.25, -0.2) is 13.5 Å². The van der Waals surface area contributed by atoms with Gasteiger partial charge in [-0.05, 0) is 67.1 Å². The zero-order chi connectivity index (χ0) is 26.7. The monoisotopic (exact) mass is 523 g/mol. The molecule has 3 unspecified atom stereocenters. The van der Waals surface area contributed by atoms with Crippen LogP contribution in [0, 0.1) is 11.6 Å². The first-order chi connectivity index (χ1) is 18.3. The van der Waals surface area contributed by atoms with E-state index in [9.17, 15) is 23.5 Å². The first-order valence-electron chi connectivity index (χ1n) is 12.9. The molecule has 1 saturated carbocycles. The molecule has 0 spiro atoms. The topological polar surface area (TPSA) is 108 Å². The fraction of sp³-hybridized carbons (Fsp3) is 0.393. The predicted molar refractivity (Wildman–Crippen MR) is 136 cm³/mol. The Morgan fingerprint density at radius 2 is 1.97 bits per heavy atom. The van der Waals surface area contributed by atoms with Crippen LogP contribution in [0.15, 0.2) is 60.9 Å². The van der Waals surface area contributed by atoms with E-state index < -0.39 is 23.8 Å². The maximum atomic E-state index is 13.8. The summed E-state index contributed by atoms with van der Waals surface area (Å²) in [6.07, 6.45) is 5.38. The minimum atomic E-state index is -1.03. The van der Waals surface area contributed by atoms with Crippen molar-refractivity contribution in [2.45, 2.75) is 62.3 Å². The van der Waals surface area contributed by atoms with Crippen LogP contribution in [0.3, 0.4) is 0 Å². The summed E-state index contributed by atoms with van der Waals surface area (Å²) < 4.78 is 29.5. The van der Waals surface area contributed by atoms with Crippen LogP contribution in [0.5, 0.6) is 0 Å². The maximum Gasteiger partial charge on any atom is 0.222 e. The summed E-state index contributed by atoms with van der Waals surface area (Å²) in [5.74, 6) is -1.88. The van der Waals surface area contributed by atoms with Crippen molar-refractivity contribution >= 4 is 11.8 Å². The number of carbonyl (C=O) groups excluding carboxylic acids is 2. The van der Waals surface area contributed by atoms with Crippen LogP contribution in [-0.4, -0.2) is 51.4 Å². The molecule has 4 N–H and O–H groups in total. The molecule has 38 heavy (non-hydrogen) atoms. The Labute approximate surface area is 219 Å². The molecule has 1 aliphatic carbocycles. The average Bonchev–Trinajstić information content (AvgIpc) is 3.25. The van der Waals surface area contributed by atoms with Gasteiger partial charge in [0.2, 0.25) is 11.8 Å². The largest absolute Gasteiger partial charge is 0.390 e. The average molecular weight is 524 g/mol. The highest BCUT2D eigenvalue weighted by Gasteiger charge is 2.44. The van der Waals surface area contributed by atoms with Gasteiger partial charge in [0, 0.05) is 49.4 Å². The van der Waals surface area contributed by atoms with Crippen LogP contribution < -0.4 is 16.0 Å². The Morgan fingerprint density at radius 1 is 1.18 bits per heavy atom. The Hall–Kier alpha value is -3.63. The highest BCUT2D eigenvalue weighted by molar-refractivity contribution is 5.82. The van der Waals surface area contributed by atoms with Crippen molar-refractivity contribution in [2.24, 2.45) is 0 Å². The van der Waals surface area contributed by atoms with E-state index in [-0.39, 0.29) is 42.8 Å². The van der Waals surface area contributed by atoms with E-state index in [2.05, 4.69) is 27.1 Å². The maximum absolute atomic E-state index is 13.8. The third-order valence-electron chi connectivity index (χ3n) is 7.27. The Morgan fingerprint density at radius 3 is 2.63 bits per heavy atom. The molecule has 2 aliphatic rings. The molecule has 2 heterocycles. The number of amides is 2. The molecule has 3 atom stereocenters. The van der Waals surface area contributed by atoms with Gasteiger partial charge in [-0.1, -0.05) is 12.1 Å². The second-order valence-corrected chi connectivity index (χ2v) is 10.2. The van der Waals surface area contributed by atoms with Gasteiger partial charge in [-0.2, -0.15) is 5.10 Å². The lowest BCUT2D eigenvalue weighted by atomic mass is 9.98. The van der Waals surface area contributed by atoms with Gasteiger partial charge in [0.05, 0.1) is 17.8 Å². The smallest absolute Gasteiger partial charge is 0.222 e. The van der Waals surface area contributed by atoms with Gasteiger partial charge in [-0.3, -0.25) is 9.59 Å². The van der Waals surface area contributed by atoms with Crippen LogP contribution in [0.2, 0.25) is 0 Å². The van der Waals surface area contributed by atoms with Gasteiger partial charge in [-0.15, -0.1) is 0 Å². The Bertz CT molecular complexity index is 1280. The van der Waals surface area contributed by atoms with Crippen molar-refractivity contribution < 1.29 is 23.5 Å². The fourth-order valence-corrected chi connectivity index (χ4v) is 5.09. The molecule has 5 rings (SSSR count). The second-order valence-electron chi connectivity index (χ2n) is 10.2. The molecule has 3 aromatic rings. The van der Waals surface area contributed by atoms with Crippen molar-refractivity contribution in [3.05, 3.63) is 83.7 Å². The van der Waals surface area contributed by atoms with Crippen LogP contribution in [0.25, 0.3) is 5.69 Å². The lowest BCUT2D eigenvalue weighted by Gasteiger charge is -2.28. The molecular weight excluding hydrogens is 492 g/mol. The number of halogens is 2. The summed E-state index contributed by atoms with van der Waals surface area (Å²) in [5, 5.41) is 24.5. The normalized spacial score (nSPS) is 19.6. The standard InChI is InChI=1S/C28H31F2N5O3/c29-20-11-18(12-21(30)15-20)13-24(34-27(38)16-22-5-6-26(37)33-22)25(36)17-31-28(7-8-28)19-3-1-4-23(14-19)35-10-2-9-32-35/h1-4,9-12,14-15,22,24-25,31,36H,5-8,13,16-17H2,(H,33,37)(H,34,38). The minimum absolute atomic E-state index is 0.0437. The summed E-state index contributed by atoms with van der Waals surface area (Å²) in [6, 6.07) is 12.0. The van der Waals surface area contributed by atoms with E-state index in [4.69, 9.17) is 0 Å². The summed E-state index contributed by atoms with van der Waals surface area (Å²) >= 11 is 0. The number of hydrogen-bond acceptors (Lipinski definition) is 5. The number of hydrogen-bond donors (Lipinski definition) is 4. The zero-order valence-corrected chi connectivity index (χ0v) is 20.9. The van der Waals surface area contributed by atoms with Crippen molar-refractivity contribution in [2.75, 3.05) is 6.54 Å². The molecule has 2 fully saturated rings. The molecule has 0 radical (unpaired) electrons. The van der Waals surface area contributed by atoms with Gasteiger partial charge in [0.1, 0.15) is 11.6 Å². The van der Waals surface area contributed by atoms with E-state index in [0.717, 1.165) is 30.2 Å². The quantitative estimate of drug-likeness (QED) is 0.309. The molecule has 10 heteroatoms. The first-order valence-corrected chi connectivity index (χ1v) is 12.9. The van der Waals surface area contributed by atoms with Crippen LogP contribution in [0.4, 0.5) is 8.78 Å². The van der Waals surface area contributed by atoms with E-state index in [1.165, 1.54) is 12.1 Å². The van der Waals surface area contributed by atoms with Crippen molar-refractivity contribution in [3.63, 3.8) is 0 Å². The number of nitrogens with zero attached hydrogens (tertiary/aromatic N) is 2. The molecule has 1 aromatic heterocycles. The number of carbonyl (C=O) groups is 2. The minimum Gasteiger partial charge on any atom is -0.390 e. The molecule has 0 bridgehead atoms. The molecule has 8 nitrogen and oxygen atoms in total. The second kappa shape index (κ2) is 11.0. The number of aromatic nitrogens is 2. The van der Waals surface area contributed by atoms with E-state index in [1.807, 2.05) is 30.5 Å². The number of aliphatic hydroxyl groups is 1. The van der Waals surface area contributed by atoms with Crippen molar-refractivity contribution in [1.82, 2.24) is 25.7 Å². The lowest BCUT2D eigenvalue weighted by Crippen LogP contribution is -2.51. The van der Waals surface area contributed by atoms with Crippen LogP contribution in [0.1, 0.15) is 43.2 Å². The Balaban J connectivity index is 1.27. The summed E-state index contributed by atoms with van der Waals surface area (Å²) in [4.78, 5) is 24.3. The molecule has 1 saturated heterocycles. The number of rotatable bonds is 11. The molecule has 200 valence electrons. The highest BCUT2D eigenvalue weighted by atomic mass is 19.1. The number of benzene rings is 2. The SMILES string of the molecule is O=C1CCC(CC(=O)NC(Cc2cc(F)cc(F)c2)C(O)CNC2(c3cccc(-n4cccn4)c3)CC2)N1. The molecular formula is C28H31F2N5O3. The third kappa shape index (κ3) is 6.25. The van der Waals surface area contributed by atoms with Gasteiger partial charge >= 0.3 is 0 Å². The molecule has 2 aromatic carbocycles. The van der Waals surface area contributed by atoms with E-state index >= 15 is 0 Å². The lowest BCUT2D eigenvalue weighted by molar-refractivity contribution is -0.123. The predicted octanol–water partition coefficient (Wildman–Crippen LogP) is 2.49. The number of nitrogens with one attached hydrogen (secondary N) is 3. The number of aliphatic hydroxyl groups excluding tert-OH is 1. The van der Waals surface area contributed by atoms with Crippen LogP contribution in [-0.2, 0) is 21.5 Å². The van der Waals surface area contributed by atoms with Gasteiger partial charge < -0.3 is 21.1 Å². The van der Waals surface area contributed by atoms with E-state index in [0.29, 0.717) is 18.4 Å². The van der Waals surface area contributed by atoms with Crippen LogP contribution >= 0.6 is 0 Å². The Kier molecular flexibility index (Phi) is 7.53. The molecule has 1 aliphatic heterocycles. The highest BCUT2D eigenvalue weighted by Crippen LogP contribution is 2.45. The summed E-state index contributed by atoms with van der Waals surface area (Å²) in [7, 11) is 0. The summed E-state index contributed by atoms with van der Waals surface area (Å²) in [5.41, 5.74) is 2.02.